The number of hydrogen-bond donors (Lipinski definition) is 2. The Hall–Kier alpha value is -2.87. The lowest BCUT2D eigenvalue weighted by atomic mass is 10.1. The molecule has 1 heterocycles. The number of amides is 2. The Labute approximate surface area is 142 Å². The Morgan fingerprint density at radius 3 is 2.17 bits per heavy atom. The number of benzene rings is 1. The first-order valence-electron chi connectivity index (χ1n) is 6.92. The predicted molar refractivity (Wildman–Crippen MR) is 89.3 cm³/mol. The van der Waals surface area contributed by atoms with Gasteiger partial charge in [-0.2, -0.15) is 0 Å². The first-order chi connectivity index (χ1) is 11.5. The topological polar surface area (TPSA) is 93.7 Å². The average molecular weight is 348 g/mol. The Balaban J connectivity index is 2.13. The lowest BCUT2D eigenvalue weighted by Crippen LogP contribution is -2.28. The average Bonchev–Trinajstić information content (AvgIpc) is 3.11. The summed E-state index contributed by atoms with van der Waals surface area (Å²) >= 11 is 1.53. The van der Waals surface area contributed by atoms with Crippen LogP contribution in [-0.2, 0) is 16.0 Å². The molecule has 1 aromatic heterocycles. The summed E-state index contributed by atoms with van der Waals surface area (Å²) in [7, 11) is 2.46. The molecular weight excluding hydrogens is 332 g/mol. The molecule has 1 aromatic carbocycles. The predicted octanol–water partition coefficient (Wildman–Crippen LogP) is 2.64. The van der Waals surface area contributed by atoms with Crippen LogP contribution < -0.4 is 10.6 Å². The van der Waals surface area contributed by atoms with Gasteiger partial charge in [0.2, 0.25) is 0 Å². The molecule has 0 aliphatic heterocycles. The molecule has 2 aromatic rings. The molecule has 2 amide bonds. The molecule has 7 nitrogen and oxygen atoms in total. The summed E-state index contributed by atoms with van der Waals surface area (Å²) in [6.07, 6.45) is 0. The number of anilines is 1. The first kappa shape index (κ1) is 17.5. The van der Waals surface area contributed by atoms with E-state index in [1.54, 1.807) is 0 Å². The van der Waals surface area contributed by atoms with Gasteiger partial charge in [-0.15, -0.1) is 11.3 Å². The third-order valence-corrected chi connectivity index (χ3v) is 3.91. The van der Waals surface area contributed by atoms with Gasteiger partial charge < -0.3 is 20.1 Å². The van der Waals surface area contributed by atoms with Crippen LogP contribution in [0.1, 0.15) is 25.6 Å². The van der Waals surface area contributed by atoms with Gasteiger partial charge in [-0.3, -0.25) is 0 Å². The van der Waals surface area contributed by atoms with Gasteiger partial charge in [-0.1, -0.05) is 6.07 Å². The van der Waals surface area contributed by atoms with Gasteiger partial charge in [-0.25, -0.2) is 14.4 Å². The quantitative estimate of drug-likeness (QED) is 0.810. The van der Waals surface area contributed by atoms with E-state index in [4.69, 9.17) is 0 Å². The van der Waals surface area contributed by atoms with Crippen LogP contribution in [0.2, 0.25) is 0 Å². The number of carbonyl (C=O) groups is 3. The van der Waals surface area contributed by atoms with Gasteiger partial charge in [0.1, 0.15) is 0 Å². The number of esters is 2. The molecule has 0 unspecified atom stereocenters. The molecule has 0 saturated heterocycles. The second kappa shape index (κ2) is 8.11. The molecule has 0 radical (unpaired) electrons. The highest BCUT2D eigenvalue weighted by Gasteiger charge is 2.15. The molecule has 0 bridgehead atoms. The number of nitrogens with one attached hydrogen (secondary N) is 2. The fourth-order valence-electron chi connectivity index (χ4n) is 1.93. The van der Waals surface area contributed by atoms with Crippen molar-refractivity contribution in [3.63, 3.8) is 0 Å². The van der Waals surface area contributed by atoms with Gasteiger partial charge >= 0.3 is 18.0 Å². The third kappa shape index (κ3) is 4.56. The van der Waals surface area contributed by atoms with Gasteiger partial charge in [-0.05, 0) is 29.6 Å². The van der Waals surface area contributed by atoms with Crippen molar-refractivity contribution in [2.45, 2.75) is 6.54 Å². The first-order valence-corrected chi connectivity index (χ1v) is 7.80. The molecule has 126 valence electrons. The number of methoxy groups -OCH3 is 2. The zero-order valence-corrected chi connectivity index (χ0v) is 13.9. The summed E-state index contributed by atoms with van der Waals surface area (Å²) in [6.45, 7) is 0.379. The third-order valence-electron chi connectivity index (χ3n) is 3.04. The number of urea groups is 1. The molecule has 0 spiro atoms. The van der Waals surface area contributed by atoms with E-state index in [9.17, 15) is 14.4 Å². The van der Waals surface area contributed by atoms with Crippen LogP contribution in [0.4, 0.5) is 10.5 Å². The van der Waals surface area contributed by atoms with Gasteiger partial charge in [0, 0.05) is 10.6 Å². The second-order valence-corrected chi connectivity index (χ2v) is 5.70. The van der Waals surface area contributed by atoms with Crippen molar-refractivity contribution < 1.29 is 23.9 Å². The van der Waals surface area contributed by atoms with E-state index < -0.39 is 18.0 Å². The summed E-state index contributed by atoms with van der Waals surface area (Å²) in [5, 5.41) is 7.18. The van der Waals surface area contributed by atoms with Crippen molar-refractivity contribution in [1.29, 1.82) is 0 Å². The largest absolute Gasteiger partial charge is 0.465 e. The van der Waals surface area contributed by atoms with E-state index in [-0.39, 0.29) is 16.8 Å². The summed E-state index contributed by atoms with van der Waals surface area (Å²) in [5.41, 5.74) is 0.546. The van der Waals surface area contributed by atoms with Crippen molar-refractivity contribution in [3.05, 3.63) is 51.7 Å². The smallest absolute Gasteiger partial charge is 0.337 e. The van der Waals surface area contributed by atoms with Gasteiger partial charge in [0.25, 0.3) is 0 Å². The van der Waals surface area contributed by atoms with E-state index in [0.29, 0.717) is 6.54 Å². The van der Waals surface area contributed by atoms with Crippen LogP contribution in [0.5, 0.6) is 0 Å². The number of rotatable bonds is 5. The molecule has 0 aliphatic carbocycles. The van der Waals surface area contributed by atoms with Gasteiger partial charge in [0.05, 0.1) is 31.9 Å². The molecule has 8 heteroatoms. The van der Waals surface area contributed by atoms with Crippen molar-refractivity contribution in [2.24, 2.45) is 0 Å². The van der Waals surface area contributed by atoms with Crippen molar-refractivity contribution in [3.8, 4) is 0 Å². The van der Waals surface area contributed by atoms with E-state index in [1.165, 1.54) is 43.8 Å². The molecule has 2 rings (SSSR count). The summed E-state index contributed by atoms with van der Waals surface area (Å²) in [4.78, 5) is 36.4. The Morgan fingerprint density at radius 2 is 1.67 bits per heavy atom. The number of thiophene rings is 1. The van der Waals surface area contributed by atoms with E-state index in [2.05, 4.69) is 20.1 Å². The maximum atomic E-state index is 12.0. The molecule has 0 atom stereocenters. The number of carbonyl (C=O) groups excluding carboxylic acids is 3. The van der Waals surface area contributed by atoms with Crippen molar-refractivity contribution in [1.82, 2.24) is 5.32 Å². The van der Waals surface area contributed by atoms with E-state index >= 15 is 0 Å². The normalized spacial score (nSPS) is 9.92. The van der Waals surface area contributed by atoms with Crippen LogP contribution in [0.25, 0.3) is 0 Å². The minimum absolute atomic E-state index is 0.133. The number of hydrogen-bond acceptors (Lipinski definition) is 6. The van der Waals surface area contributed by atoms with E-state index in [0.717, 1.165) is 4.88 Å². The summed E-state index contributed by atoms with van der Waals surface area (Å²) < 4.78 is 9.29. The van der Waals surface area contributed by atoms with Crippen LogP contribution in [0.3, 0.4) is 0 Å². The number of ether oxygens (including phenoxy) is 2. The summed E-state index contributed by atoms with van der Waals surface area (Å²) in [6, 6.07) is 7.51. The Kier molecular flexibility index (Phi) is 5.91. The fraction of sp³-hybridized carbons (Fsp3) is 0.188. The Bertz CT molecular complexity index is 709. The Morgan fingerprint density at radius 1 is 1.04 bits per heavy atom. The fourth-order valence-corrected chi connectivity index (χ4v) is 2.57. The van der Waals surface area contributed by atoms with Crippen LogP contribution in [0, 0.1) is 0 Å². The molecule has 0 aliphatic rings. The molecule has 2 N–H and O–H groups in total. The lowest BCUT2D eigenvalue weighted by Gasteiger charge is -2.10. The standard InChI is InChI=1S/C16H16N2O5S/c1-22-14(19)10-6-11(15(20)23-2)8-12(7-10)18-16(21)17-9-13-4-3-5-24-13/h3-8H,9H2,1-2H3,(H2,17,18,21). The molecule has 24 heavy (non-hydrogen) atoms. The highest BCUT2D eigenvalue weighted by Crippen LogP contribution is 2.17. The zero-order chi connectivity index (χ0) is 17.5. The molecule has 0 saturated carbocycles. The van der Waals surface area contributed by atoms with Crippen molar-refractivity contribution >= 4 is 35.0 Å². The maximum Gasteiger partial charge on any atom is 0.337 e. The minimum atomic E-state index is -0.622. The SMILES string of the molecule is COC(=O)c1cc(NC(=O)NCc2cccs2)cc(C(=O)OC)c1. The molecule has 0 fully saturated rings. The summed E-state index contributed by atoms with van der Waals surface area (Å²) in [5.74, 6) is -1.24. The zero-order valence-electron chi connectivity index (χ0n) is 13.1. The van der Waals surface area contributed by atoms with Crippen molar-refractivity contribution in [2.75, 3.05) is 19.5 Å². The van der Waals surface area contributed by atoms with Crippen LogP contribution in [0.15, 0.2) is 35.7 Å². The lowest BCUT2D eigenvalue weighted by molar-refractivity contribution is 0.0599. The highest BCUT2D eigenvalue weighted by molar-refractivity contribution is 7.09. The van der Waals surface area contributed by atoms with Crippen LogP contribution >= 0.6 is 11.3 Å². The van der Waals surface area contributed by atoms with Gasteiger partial charge in [0.15, 0.2) is 0 Å². The van der Waals surface area contributed by atoms with Crippen LogP contribution in [-0.4, -0.2) is 32.2 Å². The van der Waals surface area contributed by atoms with E-state index in [1.807, 2.05) is 17.5 Å². The highest BCUT2D eigenvalue weighted by atomic mass is 32.1. The molecular formula is C16H16N2O5S. The monoisotopic (exact) mass is 348 g/mol. The maximum absolute atomic E-state index is 12.0. The second-order valence-electron chi connectivity index (χ2n) is 4.67. The minimum Gasteiger partial charge on any atom is -0.465 e.